The summed E-state index contributed by atoms with van der Waals surface area (Å²) in [6.45, 7) is 4.58. The first-order valence-electron chi connectivity index (χ1n) is 9.55. The minimum absolute atomic E-state index is 0.357. The molecule has 4 aliphatic rings. The molecule has 1 saturated heterocycles. The second kappa shape index (κ2) is 5.51. The summed E-state index contributed by atoms with van der Waals surface area (Å²) in [4.78, 5) is 14.2. The van der Waals surface area contributed by atoms with E-state index in [-0.39, 0.29) is 0 Å². The van der Waals surface area contributed by atoms with Gasteiger partial charge in [0.05, 0.1) is 0 Å². The molecule has 0 aromatic rings. The van der Waals surface area contributed by atoms with Crippen molar-refractivity contribution >= 4 is 17.5 Å². The van der Waals surface area contributed by atoms with Crippen molar-refractivity contribution in [3.63, 3.8) is 0 Å². The maximum Gasteiger partial charge on any atom is 0.222 e. The number of amides is 1. The van der Waals surface area contributed by atoms with Crippen LogP contribution in [0.25, 0.3) is 0 Å². The van der Waals surface area contributed by atoms with Crippen LogP contribution in [0.5, 0.6) is 0 Å². The lowest BCUT2D eigenvalue weighted by molar-refractivity contribution is -0.143. The summed E-state index contributed by atoms with van der Waals surface area (Å²) >= 11 is 6.45. The molecular formula is C20H30ClNO. The summed E-state index contributed by atoms with van der Waals surface area (Å²) in [5, 5.41) is 1.06. The molecule has 0 spiro atoms. The van der Waals surface area contributed by atoms with Crippen LogP contribution in [0.2, 0.25) is 0 Å². The number of allylic oxidation sites excluding steroid dienone is 2. The molecule has 4 fully saturated rings. The van der Waals surface area contributed by atoms with Gasteiger partial charge in [-0.05, 0) is 86.5 Å². The summed E-state index contributed by atoms with van der Waals surface area (Å²) in [5.41, 5.74) is 1.91. The molecule has 0 N–H and O–H groups in total. The Morgan fingerprint density at radius 3 is 2.61 bits per heavy atom. The first-order valence-corrected chi connectivity index (χ1v) is 9.92. The summed E-state index contributed by atoms with van der Waals surface area (Å²) in [6.07, 6.45) is 9.64. The second-order valence-corrected chi connectivity index (χ2v) is 9.36. The summed E-state index contributed by atoms with van der Waals surface area (Å²) in [6, 6.07) is 0.521. The molecule has 4 rings (SSSR count). The molecule has 1 aliphatic heterocycles. The number of hydrogen-bond acceptors (Lipinski definition) is 1. The Kier molecular flexibility index (Phi) is 3.83. The van der Waals surface area contributed by atoms with Crippen LogP contribution in [-0.2, 0) is 4.79 Å². The molecule has 0 aromatic carbocycles. The lowest BCUT2D eigenvalue weighted by atomic mass is 9.52. The van der Waals surface area contributed by atoms with Crippen molar-refractivity contribution in [3.8, 4) is 0 Å². The van der Waals surface area contributed by atoms with Gasteiger partial charge in [0.25, 0.3) is 0 Å². The van der Waals surface area contributed by atoms with Crippen LogP contribution < -0.4 is 0 Å². The van der Waals surface area contributed by atoms with E-state index in [1.165, 1.54) is 38.5 Å². The Morgan fingerprint density at radius 2 is 1.87 bits per heavy atom. The highest BCUT2D eigenvalue weighted by Crippen LogP contribution is 2.63. The fraction of sp³-hybridized carbons (Fsp3) is 0.850. The monoisotopic (exact) mass is 335 g/mol. The number of piperidine rings is 1. The van der Waals surface area contributed by atoms with Gasteiger partial charge in [-0.2, -0.15) is 0 Å². The predicted octanol–water partition coefficient (Wildman–Crippen LogP) is 4.97. The van der Waals surface area contributed by atoms with Gasteiger partial charge in [0.15, 0.2) is 0 Å². The first-order chi connectivity index (χ1) is 10.9. The molecule has 6 atom stereocenters. The van der Waals surface area contributed by atoms with E-state index >= 15 is 0 Å². The number of rotatable bonds is 0. The topological polar surface area (TPSA) is 20.3 Å². The molecule has 2 nitrogen and oxygen atoms in total. The van der Waals surface area contributed by atoms with E-state index in [0.29, 0.717) is 17.4 Å². The maximum absolute atomic E-state index is 12.1. The van der Waals surface area contributed by atoms with Gasteiger partial charge >= 0.3 is 0 Å². The lowest BCUT2D eigenvalue weighted by Gasteiger charge is -2.56. The molecule has 128 valence electrons. The average molecular weight is 336 g/mol. The van der Waals surface area contributed by atoms with Crippen molar-refractivity contribution in [2.45, 2.75) is 71.3 Å². The smallest absolute Gasteiger partial charge is 0.222 e. The van der Waals surface area contributed by atoms with Crippen molar-refractivity contribution in [2.24, 2.45) is 29.1 Å². The van der Waals surface area contributed by atoms with Crippen molar-refractivity contribution in [1.82, 2.24) is 4.90 Å². The van der Waals surface area contributed by atoms with Gasteiger partial charge in [-0.3, -0.25) is 4.79 Å². The fourth-order valence-corrected chi connectivity index (χ4v) is 7.35. The van der Waals surface area contributed by atoms with Crippen molar-refractivity contribution in [3.05, 3.63) is 10.6 Å². The van der Waals surface area contributed by atoms with Crippen LogP contribution >= 0.6 is 11.6 Å². The van der Waals surface area contributed by atoms with Crippen LogP contribution in [0.3, 0.4) is 0 Å². The van der Waals surface area contributed by atoms with Crippen LogP contribution in [0, 0.1) is 29.1 Å². The molecule has 3 aliphatic carbocycles. The van der Waals surface area contributed by atoms with Crippen molar-refractivity contribution in [1.29, 1.82) is 0 Å². The van der Waals surface area contributed by atoms with Gasteiger partial charge in [-0.25, -0.2) is 0 Å². The van der Waals surface area contributed by atoms with E-state index < -0.39 is 0 Å². The number of nitrogens with zero attached hydrogens (tertiary/aromatic N) is 1. The standard InChI is InChI=1S/C20H30ClNO/c1-12(21)16-6-7-17-14-4-8-18-15(5-9-19(23)22(18)3)13(14)10-11-20(16,17)2/h13-15,17-18H,4-11H2,1-3H3/t13-,14+,15+,17-,18+,20+/m0/s1. The Bertz CT molecular complexity index is 552. The number of fused-ring (bicyclic) bond motifs is 5. The zero-order chi connectivity index (χ0) is 16.4. The molecular weight excluding hydrogens is 306 g/mol. The number of hydrogen-bond donors (Lipinski definition) is 0. The zero-order valence-corrected chi connectivity index (χ0v) is 15.5. The van der Waals surface area contributed by atoms with Crippen LogP contribution in [0.15, 0.2) is 10.6 Å². The third-order valence-electron chi connectivity index (χ3n) is 8.12. The van der Waals surface area contributed by atoms with Gasteiger partial charge < -0.3 is 4.90 Å². The van der Waals surface area contributed by atoms with E-state index in [9.17, 15) is 4.79 Å². The second-order valence-electron chi connectivity index (χ2n) is 8.79. The fourth-order valence-electron chi connectivity index (χ4n) is 7.04. The first kappa shape index (κ1) is 16.0. The van der Waals surface area contributed by atoms with Gasteiger partial charge in [0.1, 0.15) is 0 Å². The molecule has 0 unspecified atom stereocenters. The molecule has 0 aromatic heterocycles. The van der Waals surface area contributed by atoms with E-state index in [2.05, 4.69) is 18.7 Å². The zero-order valence-electron chi connectivity index (χ0n) is 14.8. The minimum atomic E-state index is 0.357. The van der Waals surface area contributed by atoms with Crippen LogP contribution in [-0.4, -0.2) is 23.9 Å². The quantitative estimate of drug-likeness (QED) is 0.612. The third-order valence-corrected chi connectivity index (χ3v) is 8.34. The lowest BCUT2D eigenvalue weighted by Crippen LogP contribution is -2.55. The summed E-state index contributed by atoms with van der Waals surface area (Å²) < 4.78 is 0. The maximum atomic E-state index is 12.1. The normalized spacial score (nSPS) is 48.6. The van der Waals surface area contributed by atoms with Gasteiger partial charge in [0.2, 0.25) is 5.91 Å². The Hall–Kier alpha value is -0.500. The molecule has 0 bridgehead atoms. The third kappa shape index (κ3) is 2.23. The highest BCUT2D eigenvalue weighted by Gasteiger charge is 2.56. The Labute approximate surface area is 145 Å². The van der Waals surface area contributed by atoms with E-state index in [4.69, 9.17) is 11.6 Å². The number of likely N-dealkylation sites (tertiary alicyclic amines) is 1. The molecule has 23 heavy (non-hydrogen) atoms. The highest BCUT2D eigenvalue weighted by atomic mass is 35.5. The Morgan fingerprint density at radius 1 is 1.09 bits per heavy atom. The predicted molar refractivity (Wildman–Crippen MR) is 94.1 cm³/mol. The van der Waals surface area contributed by atoms with Crippen LogP contribution in [0.4, 0.5) is 0 Å². The average Bonchev–Trinajstić information content (AvgIpc) is 2.88. The molecule has 0 radical (unpaired) electrons. The molecule has 3 saturated carbocycles. The summed E-state index contributed by atoms with van der Waals surface area (Å²) in [7, 11) is 2.04. The van der Waals surface area contributed by atoms with Crippen LogP contribution in [0.1, 0.15) is 65.2 Å². The van der Waals surface area contributed by atoms with E-state index in [0.717, 1.165) is 41.5 Å². The molecule has 3 heteroatoms. The summed E-state index contributed by atoms with van der Waals surface area (Å²) in [5.74, 6) is 3.66. The van der Waals surface area contributed by atoms with Crippen molar-refractivity contribution < 1.29 is 4.79 Å². The number of carbonyl (C=O) groups excluding carboxylic acids is 1. The number of carbonyl (C=O) groups is 1. The van der Waals surface area contributed by atoms with Gasteiger partial charge in [0, 0.05) is 24.5 Å². The number of halogens is 1. The molecule has 1 amide bonds. The van der Waals surface area contributed by atoms with Gasteiger partial charge in [-0.15, -0.1) is 0 Å². The largest absolute Gasteiger partial charge is 0.342 e. The van der Waals surface area contributed by atoms with E-state index in [1.54, 1.807) is 5.57 Å². The van der Waals surface area contributed by atoms with Gasteiger partial charge in [-0.1, -0.05) is 18.5 Å². The molecule has 1 heterocycles. The highest BCUT2D eigenvalue weighted by molar-refractivity contribution is 6.29. The van der Waals surface area contributed by atoms with Crippen molar-refractivity contribution in [2.75, 3.05) is 7.05 Å². The minimum Gasteiger partial charge on any atom is -0.342 e. The SMILES string of the molecule is CC(Cl)=C1CC[C@H]2[C@@H]3CC[C@@H]4[C@H](CCC(=O)N4C)[C@H]3CC[C@]12C. The Balaban J connectivity index is 1.61. The van der Waals surface area contributed by atoms with E-state index in [1.807, 2.05) is 7.05 Å².